The van der Waals surface area contributed by atoms with Gasteiger partial charge < -0.3 is 10.2 Å². The van der Waals surface area contributed by atoms with Gasteiger partial charge in [0.2, 0.25) is 11.8 Å². The Morgan fingerprint density at radius 3 is 3.00 bits per heavy atom. The van der Waals surface area contributed by atoms with Crippen molar-refractivity contribution in [1.29, 1.82) is 0 Å². The number of hydrogen-bond acceptors (Lipinski definition) is 4. The van der Waals surface area contributed by atoms with Crippen LogP contribution in [0.2, 0.25) is 0 Å². The van der Waals surface area contributed by atoms with Crippen molar-refractivity contribution in [2.75, 3.05) is 13.6 Å². The van der Waals surface area contributed by atoms with Gasteiger partial charge in [-0.3, -0.25) is 9.59 Å². The number of thiazole rings is 1. The highest BCUT2D eigenvalue weighted by Gasteiger charge is 2.27. The van der Waals surface area contributed by atoms with E-state index in [0.717, 1.165) is 15.2 Å². The molecule has 2 amide bonds. The Labute approximate surface area is 127 Å². The average Bonchev–Trinajstić information content (AvgIpc) is 2.89. The van der Waals surface area contributed by atoms with Crippen LogP contribution in [0.1, 0.15) is 17.8 Å². The fraction of sp³-hybridized carbons (Fsp3) is 0.400. The number of benzene rings is 1. The largest absolute Gasteiger partial charge is 0.355 e. The molecule has 0 bridgehead atoms. The summed E-state index contributed by atoms with van der Waals surface area (Å²) in [5.74, 6) is 0.00390. The maximum absolute atomic E-state index is 12.4. The Kier molecular flexibility index (Phi) is 3.88. The van der Waals surface area contributed by atoms with Crippen molar-refractivity contribution in [2.45, 2.75) is 19.4 Å². The van der Waals surface area contributed by atoms with Crippen LogP contribution in [0.25, 0.3) is 10.2 Å². The summed E-state index contributed by atoms with van der Waals surface area (Å²) in [6.07, 6.45) is 1.07. The molecule has 2 aromatic rings. The van der Waals surface area contributed by atoms with Gasteiger partial charge in [-0.25, -0.2) is 4.98 Å². The van der Waals surface area contributed by atoms with Crippen LogP contribution in [0, 0.1) is 5.92 Å². The number of carbonyl (C=O) groups excluding carboxylic acids is 2. The lowest BCUT2D eigenvalue weighted by Gasteiger charge is -2.26. The molecule has 0 saturated carbocycles. The van der Waals surface area contributed by atoms with Gasteiger partial charge in [0.15, 0.2) is 0 Å². The van der Waals surface area contributed by atoms with E-state index in [4.69, 9.17) is 0 Å². The number of carbonyl (C=O) groups is 2. The van der Waals surface area contributed by atoms with Gasteiger partial charge in [0.25, 0.3) is 0 Å². The van der Waals surface area contributed by atoms with Crippen molar-refractivity contribution in [3.8, 4) is 0 Å². The second kappa shape index (κ2) is 5.81. The van der Waals surface area contributed by atoms with Crippen LogP contribution in [0.3, 0.4) is 0 Å². The highest BCUT2D eigenvalue weighted by atomic mass is 32.1. The van der Waals surface area contributed by atoms with E-state index in [9.17, 15) is 9.59 Å². The summed E-state index contributed by atoms with van der Waals surface area (Å²) in [5, 5.41) is 3.69. The number of fused-ring (bicyclic) bond motifs is 1. The quantitative estimate of drug-likeness (QED) is 0.940. The van der Waals surface area contributed by atoms with Gasteiger partial charge >= 0.3 is 0 Å². The maximum atomic E-state index is 12.4. The van der Waals surface area contributed by atoms with Crippen LogP contribution in [0.5, 0.6) is 0 Å². The monoisotopic (exact) mass is 303 g/mol. The van der Waals surface area contributed by atoms with Crippen LogP contribution in [-0.4, -0.2) is 35.3 Å². The van der Waals surface area contributed by atoms with Gasteiger partial charge in [0.05, 0.1) is 22.7 Å². The first-order chi connectivity index (χ1) is 10.1. The molecule has 1 aromatic heterocycles. The van der Waals surface area contributed by atoms with Crippen molar-refractivity contribution < 1.29 is 9.59 Å². The standard InChI is InChI=1S/C15H17N3O2S/c1-18(15(20)10-6-7-13(19)16-8-10)9-14-17-11-4-2-3-5-12(11)21-14/h2-5,10H,6-9H2,1H3,(H,16,19)/t10-/m0/s1. The van der Waals surface area contributed by atoms with Gasteiger partial charge in [0, 0.05) is 20.0 Å². The molecule has 1 aromatic carbocycles. The van der Waals surface area contributed by atoms with E-state index in [-0.39, 0.29) is 17.7 Å². The summed E-state index contributed by atoms with van der Waals surface area (Å²) >= 11 is 1.62. The van der Waals surface area contributed by atoms with E-state index in [1.165, 1.54) is 0 Å². The molecule has 1 aliphatic rings. The van der Waals surface area contributed by atoms with E-state index in [0.29, 0.717) is 25.9 Å². The molecule has 5 nitrogen and oxygen atoms in total. The van der Waals surface area contributed by atoms with E-state index < -0.39 is 0 Å². The molecule has 1 fully saturated rings. The lowest BCUT2D eigenvalue weighted by atomic mass is 9.98. The molecule has 1 aliphatic heterocycles. The number of nitrogens with zero attached hydrogens (tertiary/aromatic N) is 2. The molecule has 6 heteroatoms. The second-order valence-electron chi connectivity index (χ2n) is 5.31. The third-order valence-corrected chi connectivity index (χ3v) is 4.72. The number of nitrogens with one attached hydrogen (secondary N) is 1. The van der Waals surface area contributed by atoms with Crippen molar-refractivity contribution >= 4 is 33.4 Å². The topological polar surface area (TPSA) is 62.3 Å². The van der Waals surface area contributed by atoms with Crippen molar-refractivity contribution in [1.82, 2.24) is 15.2 Å². The third-order valence-electron chi connectivity index (χ3n) is 3.70. The normalized spacial score (nSPS) is 18.5. The first-order valence-electron chi connectivity index (χ1n) is 6.99. The fourth-order valence-corrected chi connectivity index (χ4v) is 3.54. The van der Waals surface area contributed by atoms with Crippen molar-refractivity contribution in [3.63, 3.8) is 0 Å². The molecule has 1 N–H and O–H groups in total. The third kappa shape index (κ3) is 3.05. The summed E-state index contributed by atoms with van der Waals surface area (Å²) in [6.45, 7) is 0.963. The van der Waals surface area contributed by atoms with Crippen molar-refractivity contribution in [3.05, 3.63) is 29.3 Å². The highest BCUT2D eigenvalue weighted by Crippen LogP contribution is 2.23. The first kappa shape index (κ1) is 14.0. The molecule has 0 unspecified atom stereocenters. The number of rotatable bonds is 3. The Balaban J connectivity index is 1.66. The second-order valence-corrected chi connectivity index (χ2v) is 6.42. The minimum atomic E-state index is -0.109. The van der Waals surface area contributed by atoms with Gasteiger partial charge in [-0.1, -0.05) is 12.1 Å². The zero-order valence-corrected chi connectivity index (χ0v) is 12.7. The Bertz CT molecular complexity index is 639. The maximum Gasteiger partial charge on any atom is 0.227 e. The lowest BCUT2D eigenvalue weighted by Crippen LogP contribution is -2.43. The molecule has 2 heterocycles. The van der Waals surface area contributed by atoms with E-state index in [1.807, 2.05) is 24.3 Å². The van der Waals surface area contributed by atoms with Gasteiger partial charge in [-0.05, 0) is 18.6 Å². The fourth-order valence-electron chi connectivity index (χ4n) is 2.52. The first-order valence-corrected chi connectivity index (χ1v) is 7.81. The molecular formula is C15H17N3O2S. The predicted octanol–water partition coefficient (Wildman–Crippen LogP) is 1.78. The molecule has 0 aliphatic carbocycles. The van der Waals surface area contributed by atoms with E-state index in [2.05, 4.69) is 10.3 Å². The van der Waals surface area contributed by atoms with Crippen LogP contribution in [0.15, 0.2) is 24.3 Å². The Hall–Kier alpha value is -1.95. The van der Waals surface area contributed by atoms with Gasteiger partial charge in [0.1, 0.15) is 5.01 Å². The Morgan fingerprint density at radius 1 is 1.48 bits per heavy atom. The summed E-state index contributed by atoms with van der Waals surface area (Å²) in [5.41, 5.74) is 0.975. The molecule has 1 saturated heterocycles. The van der Waals surface area contributed by atoms with Crippen LogP contribution < -0.4 is 5.32 Å². The van der Waals surface area contributed by atoms with Crippen LogP contribution >= 0.6 is 11.3 Å². The number of aromatic nitrogens is 1. The van der Waals surface area contributed by atoms with Gasteiger partial charge in [-0.15, -0.1) is 11.3 Å². The van der Waals surface area contributed by atoms with Crippen LogP contribution in [-0.2, 0) is 16.1 Å². The summed E-state index contributed by atoms with van der Waals surface area (Å²) in [7, 11) is 1.80. The molecule has 0 spiro atoms. The number of hydrogen-bond donors (Lipinski definition) is 1. The molecule has 0 radical (unpaired) electrons. The SMILES string of the molecule is CN(Cc1nc2ccccc2s1)C(=O)[C@H]1CCC(=O)NC1. The summed E-state index contributed by atoms with van der Waals surface area (Å²) in [6, 6.07) is 7.97. The number of amides is 2. The Morgan fingerprint density at radius 2 is 2.29 bits per heavy atom. The van der Waals surface area contributed by atoms with Crippen LogP contribution in [0.4, 0.5) is 0 Å². The number of para-hydroxylation sites is 1. The van der Waals surface area contributed by atoms with E-state index >= 15 is 0 Å². The predicted molar refractivity (Wildman–Crippen MR) is 81.8 cm³/mol. The molecule has 3 rings (SSSR count). The lowest BCUT2D eigenvalue weighted by molar-refractivity contribution is -0.136. The van der Waals surface area contributed by atoms with E-state index in [1.54, 1.807) is 23.3 Å². The zero-order valence-electron chi connectivity index (χ0n) is 11.8. The molecular weight excluding hydrogens is 286 g/mol. The molecule has 110 valence electrons. The average molecular weight is 303 g/mol. The minimum absolute atomic E-state index is 0.0351. The summed E-state index contributed by atoms with van der Waals surface area (Å²) in [4.78, 5) is 29.8. The zero-order chi connectivity index (χ0) is 14.8. The summed E-state index contributed by atoms with van der Waals surface area (Å²) < 4.78 is 1.14. The minimum Gasteiger partial charge on any atom is -0.355 e. The number of piperidine rings is 1. The molecule has 21 heavy (non-hydrogen) atoms. The van der Waals surface area contributed by atoms with Crippen molar-refractivity contribution in [2.24, 2.45) is 5.92 Å². The highest BCUT2D eigenvalue weighted by molar-refractivity contribution is 7.18. The van der Waals surface area contributed by atoms with Gasteiger partial charge in [-0.2, -0.15) is 0 Å². The molecule has 1 atom stereocenters. The smallest absolute Gasteiger partial charge is 0.227 e.